The maximum absolute atomic E-state index is 11.5. The lowest BCUT2D eigenvalue weighted by Gasteiger charge is -2.12. The first-order valence-corrected chi connectivity index (χ1v) is 7.33. The highest BCUT2D eigenvalue weighted by Gasteiger charge is 2.20. The average Bonchev–Trinajstić information content (AvgIpc) is 2.38. The SMILES string of the molecule is CN(C)S(=O)(=O)CCNc1ccc([N+](=O)[O-])cc1[N+](=O)[O-]. The van der Waals surface area contributed by atoms with Crippen LogP contribution < -0.4 is 5.32 Å². The molecule has 1 N–H and O–H groups in total. The number of nitro benzene ring substituents is 2. The Kier molecular flexibility index (Phi) is 5.16. The summed E-state index contributed by atoms with van der Waals surface area (Å²) in [5, 5.41) is 24.1. The first-order valence-electron chi connectivity index (χ1n) is 5.72. The van der Waals surface area contributed by atoms with E-state index in [1.165, 1.54) is 20.2 Å². The van der Waals surface area contributed by atoms with Crippen molar-refractivity contribution < 1.29 is 18.3 Å². The topological polar surface area (TPSA) is 136 Å². The molecule has 10 nitrogen and oxygen atoms in total. The normalized spacial score (nSPS) is 11.4. The zero-order valence-corrected chi connectivity index (χ0v) is 12.2. The summed E-state index contributed by atoms with van der Waals surface area (Å²) in [5.74, 6) is -0.256. The maximum atomic E-state index is 11.5. The van der Waals surface area contributed by atoms with Crippen LogP contribution in [0, 0.1) is 20.2 Å². The van der Waals surface area contributed by atoms with Crippen LogP contribution in [0.5, 0.6) is 0 Å². The molecule has 0 atom stereocenters. The molecule has 0 aliphatic heterocycles. The average molecular weight is 318 g/mol. The third-order valence-electron chi connectivity index (χ3n) is 2.62. The van der Waals surface area contributed by atoms with Gasteiger partial charge in [0.15, 0.2) is 0 Å². The van der Waals surface area contributed by atoms with E-state index in [0.717, 1.165) is 16.4 Å². The van der Waals surface area contributed by atoms with Gasteiger partial charge in [-0.1, -0.05) is 0 Å². The van der Waals surface area contributed by atoms with Gasteiger partial charge < -0.3 is 5.32 Å². The third-order valence-corrected chi connectivity index (χ3v) is 4.45. The van der Waals surface area contributed by atoms with Gasteiger partial charge in [0.2, 0.25) is 10.0 Å². The molecule has 0 bridgehead atoms. The second kappa shape index (κ2) is 6.45. The molecule has 116 valence electrons. The molecule has 1 aromatic carbocycles. The molecule has 11 heteroatoms. The molecule has 0 saturated carbocycles. The van der Waals surface area contributed by atoms with Crippen molar-refractivity contribution in [1.82, 2.24) is 4.31 Å². The number of anilines is 1. The van der Waals surface area contributed by atoms with Crippen molar-refractivity contribution in [2.75, 3.05) is 31.7 Å². The van der Waals surface area contributed by atoms with Crippen molar-refractivity contribution in [3.63, 3.8) is 0 Å². The summed E-state index contributed by atoms with van der Waals surface area (Å²) >= 11 is 0. The van der Waals surface area contributed by atoms with E-state index in [4.69, 9.17) is 0 Å². The van der Waals surface area contributed by atoms with Crippen molar-refractivity contribution in [2.24, 2.45) is 0 Å². The number of hydrogen-bond donors (Lipinski definition) is 1. The molecule has 0 fully saturated rings. The van der Waals surface area contributed by atoms with Crippen molar-refractivity contribution in [2.45, 2.75) is 0 Å². The number of sulfonamides is 1. The number of hydrogen-bond acceptors (Lipinski definition) is 7. The number of rotatable bonds is 7. The van der Waals surface area contributed by atoms with Crippen LogP contribution in [0.25, 0.3) is 0 Å². The second-order valence-corrected chi connectivity index (χ2v) is 6.54. The lowest BCUT2D eigenvalue weighted by atomic mass is 10.2. The standard InChI is InChI=1S/C10H14N4O6S/c1-12(2)21(19,20)6-5-11-9-4-3-8(13(15)16)7-10(9)14(17)18/h3-4,7,11H,5-6H2,1-2H3. The van der Waals surface area contributed by atoms with Crippen LogP contribution in [-0.4, -0.2) is 49.0 Å². The van der Waals surface area contributed by atoms with E-state index in [1.807, 2.05) is 0 Å². The van der Waals surface area contributed by atoms with E-state index >= 15 is 0 Å². The lowest BCUT2D eigenvalue weighted by Crippen LogP contribution is -2.28. The van der Waals surface area contributed by atoms with Gasteiger partial charge in [-0.2, -0.15) is 0 Å². The Hall–Kier alpha value is -2.27. The number of nitrogens with zero attached hydrogens (tertiary/aromatic N) is 3. The summed E-state index contributed by atoms with van der Waals surface area (Å²) in [6, 6.07) is 3.11. The number of nitrogens with one attached hydrogen (secondary N) is 1. The highest BCUT2D eigenvalue weighted by molar-refractivity contribution is 7.89. The monoisotopic (exact) mass is 318 g/mol. The molecule has 21 heavy (non-hydrogen) atoms. The first kappa shape index (κ1) is 16.8. The Morgan fingerprint density at radius 1 is 1.19 bits per heavy atom. The van der Waals surface area contributed by atoms with Crippen LogP contribution in [0.15, 0.2) is 18.2 Å². The molecule has 1 aromatic rings. The Morgan fingerprint density at radius 2 is 1.81 bits per heavy atom. The van der Waals surface area contributed by atoms with Gasteiger partial charge in [-0.15, -0.1) is 0 Å². The van der Waals surface area contributed by atoms with Crippen LogP contribution in [0.3, 0.4) is 0 Å². The van der Waals surface area contributed by atoms with Gasteiger partial charge in [0.05, 0.1) is 21.7 Å². The van der Waals surface area contributed by atoms with Crippen LogP contribution in [0.4, 0.5) is 17.1 Å². The molecule has 0 saturated heterocycles. The molecule has 0 amide bonds. The predicted molar refractivity (Wildman–Crippen MR) is 75.7 cm³/mol. The largest absolute Gasteiger partial charge is 0.378 e. The number of non-ortho nitro benzene ring substituents is 1. The minimum absolute atomic E-state index is 0.0274. The fourth-order valence-electron chi connectivity index (χ4n) is 1.43. The zero-order valence-electron chi connectivity index (χ0n) is 11.3. The van der Waals surface area contributed by atoms with E-state index in [-0.39, 0.29) is 18.0 Å². The summed E-state index contributed by atoms with van der Waals surface area (Å²) in [6.45, 7) is -0.0564. The van der Waals surface area contributed by atoms with Crippen molar-refractivity contribution >= 4 is 27.1 Å². The molecule has 0 unspecified atom stereocenters. The van der Waals surface area contributed by atoms with Gasteiger partial charge in [0.1, 0.15) is 5.69 Å². The Labute approximate surface area is 120 Å². The Bertz CT molecular complexity index is 658. The first-order chi connectivity index (χ1) is 9.65. The van der Waals surface area contributed by atoms with E-state index in [9.17, 15) is 28.6 Å². The van der Waals surface area contributed by atoms with Gasteiger partial charge >= 0.3 is 0 Å². The van der Waals surface area contributed by atoms with E-state index in [2.05, 4.69) is 5.32 Å². The van der Waals surface area contributed by atoms with Crippen molar-refractivity contribution in [1.29, 1.82) is 0 Å². The van der Waals surface area contributed by atoms with Gasteiger partial charge in [-0.3, -0.25) is 20.2 Å². The summed E-state index contributed by atoms with van der Waals surface area (Å²) in [7, 11) is -0.673. The van der Waals surface area contributed by atoms with Crippen LogP contribution in [0.1, 0.15) is 0 Å². The molecule has 0 spiro atoms. The van der Waals surface area contributed by atoms with Crippen molar-refractivity contribution in [3.8, 4) is 0 Å². The van der Waals surface area contributed by atoms with Crippen LogP contribution >= 0.6 is 0 Å². The molecule has 1 rings (SSSR count). The molecular weight excluding hydrogens is 304 g/mol. The van der Waals surface area contributed by atoms with E-state index in [1.54, 1.807) is 0 Å². The fraction of sp³-hybridized carbons (Fsp3) is 0.400. The summed E-state index contributed by atoms with van der Waals surface area (Å²) in [4.78, 5) is 20.0. The maximum Gasteiger partial charge on any atom is 0.299 e. The van der Waals surface area contributed by atoms with Gasteiger partial charge in [0.25, 0.3) is 11.4 Å². The van der Waals surface area contributed by atoms with E-state index < -0.39 is 31.2 Å². The molecule has 0 radical (unpaired) electrons. The summed E-state index contributed by atoms with van der Waals surface area (Å²) in [6.07, 6.45) is 0. The number of nitro groups is 2. The fourth-order valence-corrected chi connectivity index (χ4v) is 2.16. The molecule has 0 aliphatic rings. The molecular formula is C10H14N4O6S. The summed E-state index contributed by atoms with van der Waals surface area (Å²) in [5.41, 5.74) is -0.862. The van der Waals surface area contributed by atoms with Crippen LogP contribution in [-0.2, 0) is 10.0 Å². The summed E-state index contributed by atoms with van der Waals surface area (Å²) < 4.78 is 24.1. The van der Waals surface area contributed by atoms with E-state index in [0.29, 0.717) is 0 Å². The highest BCUT2D eigenvalue weighted by atomic mass is 32.2. The quantitative estimate of drug-likeness (QED) is 0.580. The Balaban J connectivity index is 2.89. The smallest absolute Gasteiger partial charge is 0.299 e. The molecule has 0 heterocycles. The number of benzene rings is 1. The zero-order chi connectivity index (χ0) is 16.2. The minimum Gasteiger partial charge on any atom is -0.378 e. The molecule has 0 aromatic heterocycles. The van der Waals surface area contributed by atoms with Gasteiger partial charge in [-0.25, -0.2) is 12.7 Å². The van der Waals surface area contributed by atoms with Crippen LogP contribution in [0.2, 0.25) is 0 Å². The highest BCUT2D eigenvalue weighted by Crippen LogP contribution is 2.28. The van der Waals surface area contributed by atoms with Crippen molar-refractivity contribution in [3.05, 3.63) is 38.4 Å². The lowest BCUT2D eigenvalue weighted by molar-refractivity contribution is -0.393. The predicted octanol–water partition coefficient (Wildman–Crippen LogP) is 0.806. The third kappa shape index (κ3) is 4.36. The minimum atomic E-state index is -3.43. The second-order valence-electron chi connectivity index (χ2n) is 4.24. The van der Waals surface area contributed by atoms with Gasteiger partial charge in [-0.05, 0) is 6.07 Å². The Morgan fingerprint density at radius 3 is 2.29 bits per heavy atom. The van der Waals surface area contributed by atoms with Gasteiger partial charge in [0, 0.05) is 26.7 Å². The molecule has 0 aliphatic carbocycles.